The largest absolute Gasteiger partial charge is 0.490 e. The van der Waals surface area contributed by atoms with Crippen molar-refractivity contribution in [3.63, 3.8) is 0 Å². The molecule has 0 N–H and O–H groups in total. The van der Waals surface area contributed by atoms with Crippen molar-refractivity contribution in [2.45, 2.75) is 19.4 Å². The smallest absolute Gasteiger partial charge is 0.312 e. The first-order valence-corrected chi connectivity index (χ1v) is 6.33. The van der Waals surface area contributed by atoms with Crippen LogP contribution < -0.4 is 4.74 Å². The Morgan fingerprint density at radius 1 is 1.61 bits per heavy atom. The van der Waals surface area contributed by atoms with Gasteiger partial charge in [0.2, 0.25) is 5.75 Å². The number of aromatic nitrogens is 2. The van der Waals surface area contributed by atoms with E-state index in [1.54, 1.807) is 0 Å². The lowest BCUT2D eigenvalue weighted by Gasteiger charge is -2.05. The van der Waals surface area contributed by atoms with Crippen LogP contribution >= 0.6 is 15.9 Å². The highest BCUT2D eigenvalue weighted by molar-refractivity contribution is 9.10. The van der Waals surface area contributed by atoms with Gasteiger partial charge in [-0.15, -0.1) is 0 Å². The third kappa shape index (κ3) is 1.43. The van der Waals surface area contributed by atoms with Crippen LogP contribution in [-0.2, 0) is 13.0 Å². The maximum absolute atomic E-state index is 11.1. The number of hydrogen-bond donors (Lipinski definition) is 0. The van der Waals surface area contributed by atoms with Gasteiger partial charge in [-0.05, 0) is 28.8 Å². The van der Waals surface area contributed by atoms with Gasteiger partial charge in [-0.3, -0.25) is 14.8 Å². The summed E-state index contributed by atoms with van der Waals surface area (Å²) in [5.41, 5.74) is 1.72. The Labute approximate surface area is 111 Å². The first-order chi connectivity index (χ1) is 8.63. The average molecular weight is 312 g/mol. The number of halogens is 1. The molecule has 0 spiro atoms. The predicted molar refractivity (Wildman–Crippen MR) is 69.0 cm³/mol. The molecule has 0 unspecified atom stereocenters. The van der Waals surface area contributed by atoms with Crippen LogP contribution in [0.1, 0.15) is 12.1 Å². The van der Waals surface area contributed by atoms with Gasteiger partial charge in [0.1, 0.15) is 5.52 Å². The molecule has 18 heavy (non-hydrogen) atoms. The number of nitro benzene ring substituents is 1. The standard InChI is InChI=1S/C11H10BrN3O3/c1-18-11-8(15(16)17)5-6(12)10-9(11)7-3-2-4-14(7)13-10/h5H,2-4H2,1H3. The van der Waals surface area contributed by atoms with Crippen molar-refractivity contribution < 1.29 is 9.66 Å². The molecular formula is C11H10BrN3O3. The van der Waals surface area contributed by atoms with E-state index in [1.165, 1.54) is 13.2 Å². The van der Waals surface area contributed by atoms with E-state index in [4.69, 9.17) is 4.74 Å². The van der Waals surface area contributed by atoms with Crippen LogP contribution in [0.15, 0.2) is 10.5 Å². The maximum Gasteiger partial charge on any atom is 0.312 e. The van der Waals surface area contributed by atoms with Crippen molar-refractivity contribution in [2.24, 2.45) is 0 Å². The van der Waals surface area contributed by atoms with Gasteiger partial charge < -0.3 is 4.74 Å². The van der Waals surface area contributed by atoms with E-state index in [0.717, 1.165) is 36.0 Å². The zero-order valence-electron chi connectivity index (χ0n) is 9.64. The molecule has 0 saturated heterocycles. The van der Waals surface area contributed by atoms with Crippen molar-refractivity contribution in [3.05, 3.63) is 26.3 Å². The summed E-state index contributed by atoms with van der Waals surface area (Å²) in [6.45, 7) is 0.855. The molecular weight excluding hydrogens is 302 g/mol. The first kappa shape index (κ1) is 11.5. The first-order valence-electron chi connectivity index (χ1n) is 5.53. The Hall–Kier alpha value is -1.63. The number of benzene rings is 1. The van der Waals surface area contributed by atoms with Crippen LogP contribution in [0.2, 0.25) is 0 Å². The Morgan fingerprint density at radius 3 is 3.06 bits per heavy atom. The summed E-state index contributed by atoms with van der Waals surface area (Å²) in [6.07, 6.45) is 1.89. The van der Waals surface area contributed by atoms with Gasteiger partial charge in [-0.2, -0.15) is 5.10 Å². The van der Waals surface area contributed by atoms with Crippen molar-refractivity contribution in [1.82, 2.24) is 9.78 Å². The van der Waals surface area contributed by atoms with Gasteiger partial charge in [-0.25, -0.2) is 0 Å². The van der Waals surface area contributed by atoms with Crippen molar-refractivity contribution >= 4 is 32.5 Å². The van der Waals surface area contributed by atoms with Crippen molar-refractivity contribution in [3.8, 4) is 5.75 Å². The summed E-state index contributed by atoms with van der Waals surface area (Å²) in [7, 11) is 1.45. The third-order valence-electron chi connectivity index (χ3n) is 3.19. The van der Waals surface area contributed by atoms with Gasteiger partial charge in [0.15, 0.2) is 0 Å². The fourth-order valence-electron chi connectivity index (χ4n) is 2.46. The van der Waals surface area contributed by atoms with Gasteiger partial charge in [0.05, 0.1) is 27.6 Å². The SMILES string of the molecule is COc1c([N+](=O)[O-])cc(Br)c2nn3c(c12)CCC3. The second kappa shape index (κ2) is 3.94. The monoisotopic (exact) mass is 311 g/mol. The van der Waals surface area contributed by atoms with Gasteiger partial charge in [0.25, 0.3) is 0 Å². The van der Waals surface area contributed by atoms with Crippen molar-refractivity contribution in [2.75, 3.05) is 7.11 Å². The number of hydrogen-bond acceptors (Lipinski definition) is 4. The molecule has 1 aliphatic rings. The minimum Gasteiger partial charge on any atom is -0.490 e. The van der Waals surface area contributed by atoms with E-state index in [-0.39, 0.29) is 5.69 Å². The molecule has 0 bridgehead atoms. The molecule has 0 fully saturated rings. The Morgan fingerprint density at radius 2 is 2.39 bits per heavy atom. The summed E-state index contributed by atoms with van der Waals surface area (Å²) in [4.78, 5) is 10.6. The van der Waals surface area contributed by atoms with Crippen LogP contribution in [-0.4, -0.2) is 21.8 Å². The van der Waals surface area contributed by atoms with Crippen molar-refractivity contribution in [1.29, 1.82) is 0 Å². The lowest BCUT2D eigenvalue weighted by molar-refractivity contribution is -0.385. The Bertz CT molecular complexity index is 665. The number of nitrogens with zero attached hydrogens (tertiary/aromatic N) is 3. The lowest BCUT2D eigenvalue weighted by atomic mass is 10.1. The molecule has 3 rings (SSSR count). The fourth-order valence-corrected chi connectivity index (χ4v) is 2.96. The normalized spacial score (nSPS) is 13.9. The highest BCUT2D eigenvalue weighted by atomic mass is 79.9. The van der Waals surface area contributed by atoms with Crippen LogP contribution in [0.4, 0.5) is 5.69 Å². The van der Waals surface area contributed by atoms with E-state index < -0.39 is 4.92 Å². The molecule has 0 amide bonds. The minimum atomic E-state index is -0.429. The third-order valence-corrected chi connectivity index (χ3v) is 3.80. The lowest BCUT2D eigenvalue weighted by Crippen LogP contribution is -1.95. The van der Waals surface area contributed by atoms with Gasteiger partial charge in [-0.1, -0.05) is 0 Å². The molecule has 2 aromatic rings. The van der Waals surface area contributed by atoms with E-state index in [1.807, 2.05) is 4.68 Å². The zero-order chi connectivity index (χ0) is 12.9. The number of nitro groups is 1. The second-order valence-corrected chi connectivity index (χ2v) is 5.02. The number of fused-ring (bicyclic) bond motifs is 3. The zero-order valence-corrected chi connectivity index (χ0v) is 11.2. The van der Waals surface area contributed by atoms with Gasteiger partial charge >= 0.3 is 5.69 Å². The molecule has 2 heterocycles. The van der Waals surface area contributed by atoms with Gasteiger partial charge in [0, 0.05) is 12.6 Å². The second-order valence-electron chi connectivity index (χ2n) is 4.16. The number of aryl methyl sites for hydroxylation is 2. The summed E-state index contributed by atoms with van der Waals surface area (Å²) >= 11 is 3.34. The number of methoxy groups -OCH3 is 1. The molecule has 0 saturated carbocycles. The quantitative estimate of drug-likeness (QED) is 0.631. The molecule has 1 aliphatic heterocycles. The fraction of sp³-hybridized carbons (Fsp3) is 0.364. The molecule has 0 aliphatic carbocycles. The highest BCUT2D eigenvalue weighted by Crippen LogP contribution is 2.42. The summed E-state index contributed by atoms with van der Waals surface area (Å²) < 4.78 is 7.78. The Kier molecular flexibility index (Phi) is 2.51. The van der Waals surface area contributed by atoms with Crippen LogP contribution in [0.25, 0.3) is 10.9 Å². The van der Waals surface area contributed by atoms with Crippen LogP contribution in [0.5, 0.6) is 5.75 Å². The molecule has 0 atom stereocenters. The van der Waals surface area contributed by atoms with Crippen LogP contribution in [0, 0.1) is 10.1 Å². The molecule has 0 radical (unpaired) electrons. The van der Waals surface area contributed by atoms with Crippen LogP contribution in [0.3, 0.4) is 0 Å². The molecule has 94 valence electrons. The molecule has 1 aromatic heterocycles. The molecule has 7 heteroatoms. The topological polar surface area (TPSA) is 70.2 Å². The Balaban J connectivity index is 2.44. The number of rotatable bonds is 2. The highest BCUT2D eigenvalue weighted by Gasteiger charge is 2.27. The van der Waals surface area contributed by atoms with E-state index in [2.05, 4.69) is 21.0 Å². The summed E-state index contributed by atoms with van der Waals surface area (Å²) in [6, 6.07) is 1.45. The summed E-state index contributed by atoms with van der Waals surface area (Å²) in [5.74, 6) is 0.307. The average Bonchev–Trinajstić information content (AvgIpc) is 2.89. The van der Waals surface area contributed by atoms with E-state index >= 15 is 0 Å². The molecule has 1 aromatic carbocycles. The van der Waals surface area contributed by atoms with E-state index in [0.29, 0.717) is 10.2 Å². The van der Waals surface area contributed by atoms with E-state index in [9.17, 15) is 10.1 Å². The maximum atomic E-state index is 11.1. The summed E-state index contributed by atoms with van der Waals surface area (Å²) in [5, 5.41) is 16.3. The number of ether oxygens (including phenoxy) is 1. The molecule has 6 nitrogen and oxygen atoms in total. The minimum absolute atomic E-state index is 0.0282. The predicted octanol–water partition coefficient (Wildman–Crippen LogP) is 2.66.